The molecular weight excluding hydrogens is 292 g/mol. The van der Waals surface area contributed by atoms with Crippen molar-refractivity contribution in [3.63, 3.8) is 0 Å². The Balaban J connectivity index is 1.47. The number of sulfonamides is 1. The van der Waals surface area contributed by atoms with Crippen molar-refractivity contribution in [2.75, 3.05) is 6.54 Å². The van der Waals surface area contributed by atoms with E-state index >= 15 is 0 Å². The summed E-state index contributed by atoms with van der Waals surface area (Å²) in [5.41, 5.74) is 1.07. The smallest absolute Gasteiger partial charge is 0.250 e. The van der Waals surface area contributed by atoms with Crippen LogP contribution in [0.3, 0.4) is 0 Å². The van der Waals surface area contributed by atoms with E-state index in [9.17, 15) is 8.42 Å². The van der Waals surface area contributed by atoms with Crippen molar-refractivity contribution in [2.24, 2.45) is 5.92 Å². The Bertz CT molecular complexity index is 545. The van der Waals surface area contributed by atoms with Gasteiger partial charge in [0.25, 0.3) is 0 Å². The van der Waals surface area contributed by atoms with Crippen LogP contribution in [0.1, 0.15) is 44.1 Å². The van der Waals surface area contributed by atoms with Crippen molar-refractivity contribution in [1.82, 2.24) is 10.0 Å². The minimum atomic E-state index is -3.30. The fourth-order valence-corrected chi connectivity index (χ4v) is 4.54. The summed E-state index contributed by atoms with van der Waals surface area (Å²) < 4.78 is 27.4. The van der Waals surface area contributed by atoms with Crippen LogP contribution in [-0.2, 0) is 16.6 Å². The summed E-state index contributed by atoms with van der Waals surface area (Å²) in [6, 6.07) is 2.44. The quantitative estimate of drug-likeness (QED) is 0.688. The monoisotopic (exact) mass is 314 g/mol. The van der Waals surface area contributed by atoms with Gasteiger partial charge in [-0.15, -0.1) is 11.3 Å². The maximum absolute atomic E-state index is 12.1. The molecule has 0 spiro atoms. The van der Waals surface area contributed by atoms with Gasteiger partial charge in [0, 0.05) is 19.1 Å². The number of hydrogen-bond acceptors (Lipinski definition) is 4. The van der Waals surface area contributed by atoms with Crippen LogP contribution in [0.2, 0.25) is 0 Å². The lowest BCUT2D eigenvalue weighted by Crippen LogP contribution is -2.24. The zero-order valence-electron chi connectivity index (χ0n) is 11.6. The molecule has 0 radical (unpaired) electrons. The Hall–Kier alpha value is -0.430. The first-order valence-electron chi connectivity index (χ1n) is 7.44. The highest BCUT2D eigenvalue weighted by Crippen LogP contribution is 2.33. The lowest BCUT2D eigenvalue weighted by molar-refractivity contribution is 0.574. The van der Waals surface area contributed by atoms with Crippen LogP contribution in [0.15, 0.2) is 15.7 Å². The third kappa shape index (κ3) is 4.28. The van der Waals surface area contributed by atoms with Crippen LogP contribution in [-0.4, -0.2) is 21.0 Å². The second kappa shape index (κ2) is 6.13. The third-order valence-corrected chi connectivity index (χ3v) is 6.79. The standard InChI is InChI=1S/C14H22N2O2S2/c17-20(18,16-7-1-2-11-3-4-11)14-8-12(10-19-14)9-15-13-5-6-13/h8,10-11,13,15-16H,1-7,9H2. The molecule has 2 N–H and O–H groups in total. The number of hydrogen-bond donors (Lipinski definition) is 2. The predicted molar refractivity (Wildman–Crippen MR) is 81.3 cm³/mol. The highest BCUT2D eigenvalue weighted by atomic mass is 32.2. The van der Waals surface area contributed by atoms with E-state index in [2.05, 4.69) is 10.0 Å². The van der Waals surface area contributed by atoms with Gasteiger partial charge in [-0.3, -0.25) is 0 Å². The average Bonchev–Trinajstić information content (AvgIpc) is 3.33. The molecule has 4 nitrogen and oxygen atoms in total. The molecule has 0 saturated heterocycles. The molecule has 0 aliphatic heterocycles. The van der Waals surface area contributed by atoms with Gasteiger partial charge in [-0.2, -0.15) is 0 Å². The molecule has 2 aliphatic rings. The van der Waals surface area contributed by atoms with Gasteiger partial charge in [0.1, 0.15) is 4.21 Å². The number of thiophene rings is 1. The molecule has 112 valence electrons. The van der Waals surface area contributed by atoms with E-state index in [1.165, 1.54) is 37.0 Å². The van der Waals surface area contributed by atoms with Gasteiger partial charge in [-0.1, -0.05) is 12.8 Å². The van der Waals surface area contributed by atoms with Crippen LogP contribution < -0.4 is 10.0 Å². The summed E-state index contributed by atoms with van der Waals surface area (Å²) in [6.07, 6.45) is 7.26. The maximum Gasteiger partial charge on any atom is 0.250 e. The molecule has 0 aromatic carbocycles. The zero-order valence-corrected chi connectivity index (χ0v) is 13.2. The highest BCUT2D eigenvalue weighted by molar-refractivity contribution is 7.91. The molecule has 1 heterocycles. The minimum absolute atomic E-state index is 0.441. The summed E-state index contributed by atoms with van der Waals surface area (Å²) in [6.45, 7) is 1.34. The maximum atomic E-state index is 12.1. The Morgan fingerprint density at radius 2 is 2.05 bits per heavy atom. The fourth-order valence-electron chi connectivity index (χ4n) is 2.21. The molecule has 6 heteroatoms. The molecule has 1 aromatic rings. The summed E-state index contributed by atoms with van der Waals surface area (Å²) >= 11 is 1.31. The van der Waals surface area contributed by atoms with Gasteiger partial charge >= 0.3 is 0 Å². The lowest BCUT2D eigenvalue weighted by Gasteiger charge is -2.04. The topological polar surface area (TPSA) is 58.2 Å². The van der Waals surface area contributed by atoms with Gasteiger partial charge in [0.2, 0.25) is 10.0 Å². The van der Waals surface area contributed by atoms with E-state index in [1.54, 1.807) is 6.07 Å². The summed E-state index contributed by atoms with van der Waals surface area (Å²) in [4.78, 5) is 0. The SMILES string of the molecule is O=S(=O)(NCCCC1CC1)c1cc(CNC2CC2)cs1. The third-order valence-electron chi connectivity index (χ3n) is 3.84. The molecule has 2 saturated carbocycles. The van der Waals surface area contributed by atoms with Crippen molar-refractivity contribution in [3.05, 3.63) is 17.0 Å². The Labute approximate surface area is 125 Å². The van der Waals surface area contributed by atoms with E-state index in [0.29, 0.717) is 16.8 Å². The molecule has 20 heavy (non-hydrogen) atoms. The van der Waals surface area contributed by atoms with E-state index < -0.39 is 10.0 Å². The van der Waals surface area contributed by atoms with Gasteiger partial charge < -0.3 is 5.32 Å². The van der Waals surface area contributed by atoms with Crippen molar-refractivity contribution in [1.29, 1.82) is 0 Å². The predicted octanol–water partition coefficient (Wildman–Crippen LogP) is 2.47. The minimum Gasteiger partial charge on any atom is -0.310 e. The lowest BCUT2D eigenvalue weighted by atomic mass is 10.2. The van der Waals surface area contributed by atoms with Crippen LogP contribution in [0.5, 0.6) is 0 Å². The van der Waals surface area contributed by atoms with E-state index in [0.717, 1.165) is 30.9 Å². The molecule has 0 unspecified atom stereocenters. The van der Waals surface area contributed by atoms with Crippen LogP contribution >= 0.6 is 11.3 Å². The van der Waals surface area contributed by atoms with Gasteiger partial charge in [0.15, 0.2) is 0 Å². The summed E-state index contributed by atoms with van der Waals surface area (Å²) in [7, 11) is -3.30. The van der Waals surface area contributed by atoms with Crippen molar-refractivity contribution in [2.45, 2.75) is 55.3 Å². The van der Waals surface area contributed by atoms with E-state index in [1.807, 2.05) is 5.38 Å². The summed E-state index contributed by atoms with van der Waals surface area (Å²) in [5, 5.41) is 5.34. The molecule has 1 aromatic heterocycles. The number of rotatable bonds is 9. The Morgan fingerprint density at radius 1 is 1.25 bits per heavy atom. The van der Waals surface area contributed by atoms with Crippen molar-refractivity contribution >= 4 is 21.4 Å². The second-order valence-electron chi connectivity index (χ2n) is 5.91. The van der Waals surface area contributed by atoms with Crippen LogP contribution in [0, 0.1) is 5.92 Å². The Morgan fingerprint density at radius 3 is 2.75 bits per heavy atom. The fraction of sp³-hybridized carbons (Fsp3) is 0.714. The van der Waals surface area contributed by atoms with Gasteiger partial charge in [-0.25, -0.2) is 13.1 Å². The van der Waals surface area contributed by atoms with Crippen LogP contribution in [0.4, 0.5) is 0 Å². The molecule has 2 fully saturated rings. The zero-order chi connectivity index (χ0) is 14.0. The summed E-state index contributed by atoms with van der Waals surface area (Å²) in [5.74, 6) is 0.862. The normalized spacial score (nSPS) is 19.4. The molecule has 2 aliphatic carbocycles. The van der Waals surface area contributed by atoms with Gasteiger partial charge in [0.05, 0.1) is 0 Å². The van der Waals surface area contributed by atoms with Crippen LogP contribution in [0.25, 0.3) is 0 Å². The molecule has 0 atom stereocenters. The molecule has 0 bridgehead atoms. The van der Waals surface area contributed by atoms with E-state index in [-0.39, 0.29) is 0 Å². The first-order chi connectivity index (χ1) is 9.63. The first-order valence-corrected chi connectivity index (χ1v) is 9.80. The highest BCUT2D eigenvalue weighted by Gasteiger charge is 2.22. The van der Waals surface area contributed by atoms with Gasteiger partial charge in [-0.05, 0) is 48.6 Å². The Kier molecular flexibility index (Phi) is 4.45. The average molecular weight is 314 g/mol. The van der Waals surface area contributed by atoms with Crippen molar-refractivity contribution < 1.29 is 8.42 Å². The van der Waals surface area contributed by atoms with Crippen molar-refractivity contribution in [3.8, 4) is 0 Å². The first kappa shape index (κ1) is 14.5. The molecular formula is C14H22N2O2S2. The molecule has 0 amide bonds. The largest absolute Gasteiger partial charge is 0.310 e. The molecule has 3 rings (SSSR count). The second-order valence-corrected chi connectivity index (χ2v) is 8.82. The number of nitrogens with one attached hydrogen (secondary N) is 2. The van der Waals surface area contributed by atoms with E-state index in [4.69, 9.17) is 0 Å².